The van der Waals surface area contributed by atoms with Crippen LogP contribution in [0.3, 0.4) is 0 Å². The first-order chi connectivity index (χ1) is 13.0. The van der Waals surface area contributed by atoms with E-state index in [0.717, 1.165) is 0 Å². The van der Waals surface area contributed by atoms with Crippen LogP contribution in [0.1, 0.15) is 57.6 Å². The fraction of sp³-hybridized carbons (Fsp3) is 0.350. The molecule has 3 rings (SSSR count). The Morgan fingerprint density at radius 2 is 1.85 bits per heavy atom. The highest BCUT2D eigenvalue weighted by atomic mass is 16.4. The van der Waals surface area contributed by atoms with Crippen molar-refractivity contribution in [2.24, 2.45) is 0 Å². The van der Waals surface area contributed by atoms with E-state index in [1.807, 2.05) is 29.2 Å². The summed E-state index contributed by atoms with van der Waals surface area (Å²) in [6.07, 6.45) is 1.24. The third-order valence-electron chi connectivity index (χ3n) is 4.63. The molecule has 142 valence electrons. The standard InChI is InChI=1S/C20H22N2O5/c1-2-16-15(20(25)26)10-17(27-16)19(24)21-9-5-8-18(23)22-11-13-6-3-4-7-14(13)12-22/h3-4,6-7,10H,2,5,8-9,11-12H2,1H3,(H,21,24)(H,25,26). The van der Waals surface area contributed by atoms with Crippen molar-refractivity contribution in [2.75, 3.05) is 6.54 Å². The number of nitrogens with one attached hydrogen (secondary N) is 1. The molecule has 0 aliphatic carbocycles. The average molecular weight is 370 g/mol. The Morgan fingerprint density at radius 3 is 2.41 bits per heavy atom. The summed E-state index contributed by atoms with van der Waals surface area (Å²) < 4.78 is 5.31. The zero-order valence-corrected chi connectivity index (χ0v) is 15.2. The third-order valence-corrected chi connectivity index (χ3v) is 4.63. The minimum absolute atomic E-state index is 0.00595. The average Bonchev–Trinajstić information content (AvgIpc) is 3.28. The smallest absolute Gasteiger partial charge is 0.339 e. The molecule has 0 bridgehead atoms. The van der Waals surface area contributed by atoms with Crippen molar-refractivity contribution in [3.63, 3.8) is 0 Å². The van der Waals surface area contributed by atoms with Crippen molar-refractivity contribution in [3.05, 3.63) is 58.5 Å². The molecule has 1 aliphatic heterocycles. The molecule has 27 heavy (non-hydrogen) atoms. The molecule has 2 amide bonds. The van der Waals surface area contributed by atoms with E-state index in [1.54, 1.807) is 6.92 Å². The highest BCUT2D eigenvalue weighted by molar-refractivity contribution is 5.96. The lowest BCUT2D eigenvalue weighted by atomic mass is 10.1. The zero-order chi connectivity index (χ0) is 19.4. The number of furan rings is 1. The molecule has 0 fully saturated rings. The number of carboxylic acid groups (broad SMARTS) is 1. The van der Waals surface area contributed by atoms with E-state index in [2.05, 4.69) is 5.32 Å². The SMILES string of the molecule is CCc1oc(C(=O)NCCCC(=O)N2Cc3ccccc3C2)cc1C(=O)O. The largest absolute Gasteiger partial charge is 0.478 e. The van der Waals surface area contributed by atoms with Gasteiger partial charge in [0, 0.05) is 38.5 Å². The third kappa shape index (κ3) is 4.19. The number of hydrogen-bond acceptors (Lipinski definition) is 4. The summed E-state index contributed by atoms with van der Waals surface area (Å²) in [5.74, 6) is -1.29. The minimum Gasteiger partial charge on any atom is -0.478 e. The van der Waals surface area contributed by atoms with Crippen LogP contribution >= 0.6 is 0 Å². The number of benzene rings is 1. The second-order valence-corrected chi connectivity index (χ2v) is 6.48. The molecule has 0 radical (unpaired) electrons. The first-order valence-corrected chi connectivity index (χ1v) is 8.98. The van der Waals surface area contributed by atoms with Gasteiger partial charge in [0.05, 0.1) is 0 Å². The first kappa shape index (κ1) is 18.7. The van der Waals surface area contributed by atoms with Gasteiger partial charge in [0.2, 0.25) is 5.91 Å². The number of hydrogen-bond donors (Lipinski definition) is 2. The number of aryl methyl sites for hydroxylation is 1. The Hall–Kier alpha value is -3.09. The number of rotatable bonds is 7. The van der Waals surface area contributed by atoms with Gasteiger partial charge in [0.25, 0.3) is 5.91 Å². The molecule has 1 aliphatic rings. The van der Waals surface area contributed by atoms with Crippen LogP contribution < -0.4 is 5.32 Å². The van der Waals surface area contributed by atoms with Gasteiger partial charge >= 0.3 is 5.97 Å². The Kier molecular flexibility index (Phi) is 5.59. The number of fused-ring (bicyclic) bond motifs is 1. The second kappa shape index (κ2) is 8.07. The quantitative estimate of drug-likeness (QED) is 0.730. The van der Waals surface area contributed by atoms with Crippen molar-refractivity contribution in [1.82, 2.24) is 10.2 Å². The van der Waals surface area contributed by atoms with Crippen LogP contribution in [0, 0.1) is 0 Å². The summed E-state index contributed by atoms with van der Waals surface area (Å²) in [5.41, 5.74) is 2.36. The molecule has 1 aromatic carbocycles. The highest BCUT2D eigenvalue weighted by Gasteiger charge is 2.23. The molecule has 0 unspecified atom stereocenters. The predicted molar refractivity (Wildman–Crippen MR) is 97.3 cm³/mol. The Morgan fingerprint density at radius 1 is 1.19 bits per heavy atom. The maximum Gasteiger partial charge on any atom is 0.339 e. The number of carbonyl (C=O) groups is 3. The lowest BCUT2D eigenvalue weighted by Crippen LogP contribution is -2.28. The fourth-order valence-corrected chi connectivity index (χ4v) is 3.18. The van der Waals surface area contributed by atoms with Crippen LogP contribution in [-0.4, -0.2) is 34.3 Å². The van der Waals surface area contributed by atoms with Crippen LogP contribution in [0.15, 0.2) is 34.7 Å². The van der Waals surface area contributed by atoms with Gasteiger partial charge in [-0.25, -0.2) is 4.79 Å². The molecule has 1 aromatic heterocycles. The van der Waals surface area contributed by atoms with Crippen LogP contribution in [0.25, 0.3) is 0 Å². The normalized spacial score (nSPS) is 12.7. The van der Waals surface area contributed by atoms with Gasteiger partial charge in [-0.15, -0.1) is 0 Å². The molecule has 2 heterocycles. The highest BCUT2D eigenvalue weighted by Crippen LogP contribution is 2.23. The van der Waals surface area contributed by atoms with E-state index in [9.17, 15) is 14.4 Å². The fourth-order valence-electron chi connectivity index (χ4n) is 3.18. The lowest BCUT2D eigenvalue weighted by Gasteiger charge is -2.15. The summed E-state index contributed by atoms with van der Waals surface area (Å²) in [4.78, 5) is 37.4. The van der Waals surface area contributed by atoms with E-state index in [1.165, 1.54) is 17.2 Å². The Balaban J connectivity index is 1.44. The number of amides is 2. The summed E-state index contributed by atoms with van der Waals surface area (Å²) in [5, 5.41) is 11.8. The van der Waals surface area contributed by atoms with Gasteiger partial charge in [-0.3, -0.25) is 9.59 Å². The summed E-state index contributed by atoms with van der Waals surface area (Å²) in [7, 11) is 0. The topological polar surface area (TPSA) is 99.9 Å². The van der Waals surface area contributed by atoms with Crippen molar-refractivity contribution in [1.29, 1.82) is 0 Å². The number of carbonyl (C=O) groups excluding carboxylic acids is 2. The van der Waals surface area contributed by atoms with Crippen LogP contribution in [0.4, 0.5) is 0 Å². The van der Waals surface area contributed by atoms with E-state index in [0.29, 0.717) is 38.9 Å². The van der Waals surface area contributed by atoms with Crippen LogP contribution in [0.5, 0.6) is 0 Å². The molecule has 0 atom stereocenters. The van der Waals surface area contributed by atoms with Gasteiger partial charge in [0.1, 0.15) is 11.3 Å². The molecule has 7 nitrogen and oxygen atoms in total. The molecule has 0 saturated carbocycles. The zero-order valence-electron chi connectivity index (χ0n) is 15.2. The molecular weight excluding hydrogens is 348 g/mol. The molecule has 2 N–H and O–H groups in total. The van der Waals surface area contributed by atoms with E-state index < -0.39 is 11.9 Å². The summed E-state index contributed by atoms with van der Waals surface area (Å²) in [6.45, 7) is 3.34. The number of aromatic carboxylic acids is 1. The van der Waals surface area contributed by atoms with Crippen molar-refractivity contribution in [3.8, 4) is 0 Å². The maximum absolute atomic E-state index is 12.3. The van der Waals surface area contributed by atoms with Crippen molar-refractivity contribution >= 4 is 17.8 Å². The van der Waals surface area contributed by atoms with Gasteiger partial charge in [-0.2, -0.15) is 0 Å². The molecular formula is C20H22N2O5. The lowest BCUT2D eigenvalue weighted by molar-refractivity contribution is -0.131. The van der Waals surface area contributed by atoms with Crippen LogP contribution in [0.2, 0.25) is 0 Å². The summed E-state index contributed by atoms with van der Waals surface area (Å²) in [6, 6.07) is 9.24. The molecule has 2 aromatic rings. The van der Waals surface area contributed by atoms with E-state index >= 15 is 0 Å². The molecule has 0 saturated heterocycles. The van der Waals surface area contributed by atoms with Crippen LogP contribution in [-0.2, 0) is 24.3 Å². The van der Waals surface area contributed by atoms with Gasteiger partial charge in [0.15, 0.2) is 5.76 Å². The summed E-state index contributed by atoms with van der Waals surface area (Å²) >= 11 is 0. The molecule has 7 heteroatoms. The van der Waals surface area contributed by atoms with Gasteiger partial charge in [-0.1, -0.05) is 31.2 Å². The first-order valence-electron chi connectivity index (χ1n) is 8.98. The molecule has 0 spiro atoms. The van der Waals surface area contributed by atoms with Crippen molar-refractivity contribution in [2.45, 2.75) is 39.3 Å². The number of nitrogens with zero attached hydrogens (tertiary/aromatic N) is 1. The van der Waals surface area contributed by atoms with Gasteiger partial charge < -0.3 is 19.7 Å². The maximum atomic E-state index is 12.3. The minimum atomic E-state index is -1.12. The Labute approximate surface area is 157 Å². The monoisotopic (exact) mass is 370 g/mol. The van der Waals surface area contributed by atoms with E-state index in [-0.39, 0.29) is 23.0 Å². The van der Waals surface area contributed by atoms with E-state index in [4.69, 9.17) is 9.52 Å². The van der Waals surface area contributed by atoms with Gasteiger partial charge in [-0.05, 0) is 17.5 Å². The second-order valence-electron chi connectivity index (χ2n) is 6.48. The predicted octanol–water partition coefficient (Wildman–Crippen LogP) is 2.59. The number of carboxylic acids is 1. The van der Waals surface area contributed by atoms with Crippen molar-refractivity contribution < 1.29 is 23.9 Å². The Bertz CT molecular complexity index is 846.